The van der Waals surface area contributed by atoms with Gasteiger partial charge in [0.2, 0.25) is 5.95 Å². The van der Waals surface area contributed by atoms with Crippen LogP contribution in [-0.2, 0) is 0 Å². The van der Waals surface area contributed by atoms with Crippen molar-refractivity contribution in [3.05, 3.63) is 16.0 Å². The maximum absolute atomic E-state index is 11.5. The van der Waals surface area contributed by atoms with Gasteiger partial charge in [-0.05, 0) is 34.6 Å². The lowest BCUT2D eigenvalue weighted by Gasteiger charge is -2.43. The first-order chi connectivity index (χ1) is 8.67. The van der Waals surface area contributed by atoms with Crippen LogP contribution in [0, 0.1) is 6.92 Å². The van der Waals surface area contributed by atoms with E-state index in [0.717, 1.165) is 12.8 Å². The highest BCUT2D eigenvalue weighted by molar-refractivity contribution is 5.24. The van der Waals surface area contributed by atoms with Gasteiger partial charge in [0.15, 0.2) is 0 Å². The molecule has 0 aromatic carbocycles. The molecule has 0 saturated carbocycles. The molecule has 0 atom stereocenters. The molecule has 1 fully saturated rings. The van der Waals surface area contributed by atoms with Gasteiger partial charge in [0.25, 0.3) is 5.56 Å². The van der Waals surface area contributed by atoms with Gasteiger partial charge >= 0.3 is 0 Å². The first-order valence-corrected chi connectivity index (χ1v) is 6.74. The zero-order valence-electron chi connectivity index (χ0n) is 12.4. The molecule has 0 bridgehead atoms. The highest BCUT2D eigenvalue weighted by Crippen LogP contribution is 2.23. The van der Waals surface area contributed by atoms with E-state index in [9.17, 15) is 4.79 Å². The SMILES string of the molecule is Cc1nnc(NC2CC(C)(C)[NH2+]C(C)(C)C2)[nH]c1=O. The summed E-state index contributed by atoms with van der Waals surface area (Å²) < 4.78 is 0. The van der Waals surface area contributed by atoms with Crippen LogP contribution in [0.1, 0.15) is 46.2 Å². The Kier molecular flexibility index (Phi) is 3.38. The zero-order valence-corrected chi connectivity index (χ0v) is 12.4. The highest BCUT2D eigenvalue weighted by atomic mass is 16.1. The van der Waals surface area contributed by atoms with Gasteiger partial charge in [-0.25, -0.2) is 0 Å². The average molecular weight is 266 g/mol. The number of aromatic amines is 1. The van der Waals surface area contributed by atoms with Gasteiger partial charge in [-0.1, -0.05) is 0 Å². The summed E-state index contributed by atoms with van der Waals surface area (Å²) in [7, 11) is 0. The predicted molar refractivity (Wildman–Crippen MR) is 74.1 cm³/mol. The van der Waals surface area contributed by atoms with Crippen LogP contribution >= 0.6 is 0 Å². The molecule has 0 amide bonds. The third-order valence-corrected chi connectivity index (χ3v) is 3.53. The van der Waals surface area contributed by atoms with Gasteiger partial charge in [-0.2, -0.15) is 0 Å². The van der Waals surface area contributed by atoms with E-state index in [0.29, 0.717) is 17.7 Å². The maximum atomic E-state index is 11.5. The second kappa shape index (κ2) is 4.59. The van der Waals surface area contributed by atoms with E-state index in [1.165, 1.54) is 0 Å². The molecule has 1 saturated heterocycles. The standard InChI is InChI=1S/C13H23N5O/c1-8-10(19)15-11(17-16-8)14-9-6-12(2,3)18-13(4,5)7-9/h9,18H,6-7H2,1-5H3,(H2,14,15,17,19)/p+1. The Bertz CT molecular complexity index is 504. The molecule has 1 aromatic heterocycles. The molecule has 1 aromatic rings. The van der Waals surface area contributed by atoms with Crippen LogP contribution in [0.2, 0.25) is 0 Å². The summed E-state index contributed by atoms with van der Waals surface area (Å²) in [6.07, 6.45) is 2.04. The van der Waals surface area contributed by atoms with Crippen molar-refractivity contribution in [1.82, 2.24) is 15.2 Å². The van der Waals surface area contributed by atoms with E-state index in [4.69, 9.17) is 0 Å². The second-order valence-electron chi connectivity index (χ2n) is 6.96. The van der Waals surface area contributed by atoms with E-state index in [1.54, 1.807) is 6.92 Å². The van der Waals surface area contributed by atoms with Crippen LogP contribution in [0.15, 0.2) is 4.79 Å². The lowest BCUT2D eigenvalue weighted by atomic mass is 9.80. The normalized spacial score (nSPS) is 22.2. The van der Waals surface area contributed by atoms with Crippen molar-refractivity contribution in [3.8, 4) is 0 Å². The lowest BCUT2D eigenvalue weighted by Crippen LogP contribution is -3.06. The number of nitrogens with two attached hydrogens (primary N) is 1. The first-order valence-electron chi connectivity index (χ1n) is 6.74. The molecule has 19 heavy (non-hydrogen) atoms. The average Bonchev–Trinajstić information content (AvgIpc) is 2.18. The van der Waals surface area contributed by atoms with Crippen LogP contribution < -0.4 is 16.2 Å². The van der Waals surface area contributed by atoms with Crippen LogP contribution in [0.25, 0.3) is 0 Å². The minimum atomic E-state index is -0.182. The first kappa shape index (κ1) is 14.0. The predicted octanol–water partition coefficient (Wildman–Crippen LogP) is 0.168. The van der Waals surface area contributed by atoms with Crippen molar-refractivity contribution in [2.75, 3.05) is 5.32 Å². The molecule has 1 aliphatic heterocycles. The molecule has 2 rings (SSSR count). The summed E-state index contributed by atoms with van der Waals surface area (Å²) >= 11 is 0. The number of piperidine rings is 1. The number of anilines is 1. The molecule has 106 valence electrons. The van der Waals surface area contributed by atoms with Gasteiger partial charge in [-0.15, -0.1) is 10.2 Å². The van der Waals surface area contributed by atoms with E-state index >= 15 is 0 Å². The maximum Gasteiger partial charge on any atom is 0.273 e. The zero-order chi connectivity index (χ0) is 14.3. The van der Waals surface area contributed by atoms with Gasteiger partial charge < -0.3 is 10.6 Å². The third kappa shape index (κ3) is 3.53. The topological polar surface area (TPSA) is 87.3 Å². The molecular weight excluding hydrogens is 242 g/mol. The summed E-state index contributed by atoms with van der Waals surface area (Å²) in [5.74, 6) is 0.467. The highest BCUT2D eigenvalue weighted by Gasteiger charge is 2.41. The molecule has 6 heteroatoms. The molecule has 0 aliphatic carbocycles. The number of quaternary nitrogens is 1. The molecule has 1 aliphatic rings. The number of nitrogens with one attached hydrogen (secondary N) is 2. The Morgan fingerprint density at radius 3 is 2.32 bits per heavy atom. The van der Waals surface area contributed by atoms with E-state index in [-0.39, 0.29) is 16.6 Å². The van der Waals surface area contributed by atoms with Gasteiger partial charge in [-0.3, -0.25) is 9.78 Å². The van der Waals surface area contributed by atoms with E-state index in [1.807, 2.05) is 0 Å². The molecule has 6 nitrogen and oxygen atoms in total. The number of H-pyrrole nitrogens is 1. The minimum Gasteiger partial charge on any atom is -0.351 e. The molecule has 0 radical (unpaired) electrons. The van der Waals surface area contributed by atoms with Crippen LogP contribution in [-0.4, -0.2) is 32.3 Å². The van der Waals surface area contributed by atoms with Crippen molar-refractivity contribution < 1.29 is 5.32 Å². The number of aryl methyl sites for hydroxylation is 1. The van der Waals surface area contributed by atoms with Crippen molar-refractivity contribution in [2.45, 2.75) is 64.6 Å². The van der Waals surface area contributed by atoms with Crippen molar-refractivity contribution in [3.63, 3.8) is 0 Å². The van der Waals surface area contributed by atoms with Crippen molar-refractivity contribution in [1.29, 1.82) is 0 Å². The Hall–Kier alpha value is -1.43. The largest absolute Gasteiger partial charge is 0.351 e. The van der Waals surface area contributed by atoms with Gasteiger partial charge in [0.05, 0.1) is 11.1 Å². The summed E-state index contributed by atoms with van der Waals surface area (Å²) in [6, 6.07) is 0.294. The lowest BCUT2D eigenvalue weighted by molar-refractivity contribution is -0.787. The van der Waals surface area contributed by atoms with Gasteiger partial charge in [0.1, 0.15) is 5.69 Å². The monoisotopic (exact) mass is 266 g/mol. The quantitative estimate of drug-likeness (QED) is 0.712. The Morgan fingerprint density at radius 2 is 1.79 bits per heavy atom. The fraction of sp³-hybridized carbons (Fsp3) is 0.769. The summed E-state index contributed by atoms with van der Waals surface area (Å²) in [5.41, 5.74) is 0.567. The Labute approximate surface area is 113 Å². The summed E-state index contributed by atoms with van der Waals surface area (Å²) in [5, 5.41) is 13.6. The number of aromatic nitrogens is 3. The molecule has 4 N–H and O–H groups in total. The Balaban J connectivity index is 2.14. The van der Waals surface area contributed by atoms with E-state index < -0.39 is 0 Å². The van der Waals surface area contributed by atoms with Crippen LogP contribution in [0.3, 0.4) is 0 Å². The minimum absolute atomic E-state index is 0.178. The smallest absolute Gasteiger partial charge is 0.273 e. The van der Waals surface area contributed by atoms with E-state index in [2.05, 4.69) is 53.5 Å². The summed E-state index contributed by atoms with van der Waals surface area (Å²) in [4.78, 5) is 14.3. The summed E-state index contributed by atoms with van der Waals surface area (Å²) in [6.45, 7) is 10.6. The molecule has 0 spiro atoms. The van der Waals surface area contributed by atoms with Crippen molar-refractivity contribution >= 4 is 5.95 Å². The molecule has 0 unspecified atom stereocenters. The fourth-order valence-electron chi connectivity index (χ4n) is 3.27. The number of hydrogen-bond acceptors (Lipinski definition) is 4. The Morgan fingerprint density at radius 1 is 1.21 bits per heavy atom. The molecular formula is C13H24N5O+. The fourth-order valence-corrected chi connectivity index (χ4v) is 3.27. The second-order valence-corrected chi connectivity index (χ2v) is 6.96. The number of nitrogens with zero attached hydrogens (tertiary/aromatic N) is 2. The van der Waals surface area contributed by atoms with Crippen LogP contribution in [0.4, 0.5) is 5.95 Å². The van der Waals surface area contributed by atoms with Crippen molar-refractivity contribution in [2.24, 2.45) is 0 Å². The van der Waals surface area contributed by atoms with Gasteiger partial charge in [0, 0.05) is 18.9 Å². The molecule has 2 heterocycles. The third-order valence-electron chi connectivity index (χ3n) is 3.53. The van der Waals surface area contributed by atoms with Crippen LogP contribution in [0.5, 0.6) is 0 Å². The number of hydrogen-bond donors (Lipinski definition) is 3. The number of rotatable bonds is 2.